The molecule has 15 heavy (non-hydrogen) atoms. The second kappa shape index (κ2) is 4.28. The van der Waals surface area contributed by atoms with Crippen molar-refractivity contribution in [3.05, 3.63) is 28.6 Å². The van der Waals surface area contributed by atoms with Gasteiger partial charge in [0.2, 0.25) is 0 Å². The maximum absolute atomic E-state index is 5.83. The molecule has 0 aliphatic carbocycles. The Labute approximate surface area is 99.8 Å². The topological polar surface area (TPSA) is 51.8 Å². The Morgan fingerprint density at radius 1 is 1.53 bits per heavy atom. The van der Waals surface area contributed by atoms with Crippen LogP contribution in [0.15, 0.2) is 27.3 Å². The van der Waals surface area contributed by atoms with Crippen LogP contribution in [0, 0.1) is 0 Å². The van der Waals surface area contributed by atoms with E-state index in [1.807, 2.05) is 12.1 Å². The molecule has 2 heterocycles. The Bertz CT molecular complexity index is 472. The number of halogens is 2. The molecule has 0 bridgehead atoms. The van der Waals surface area contributed by atoms with Crippen LogP contribution >= 0.6 is 27.5 Å². The Kier molecular flexibility index (Phi) is 3.02. The summed E-state index contributed by atoms with van der Waals surface area (Å²) in [5, 5.41) is 3.48. The fourth-order valence-electron chi connectivity index (χ4n) is 1.04. The minimum absolute atomic E-state index is 0.273. The first kappa shape index (κ1) is 10.6. The van der Waals surface area contributed by atoms with Gasteiger partial charge in [0.25, 0.3) is 5.89 Å². The minimum Gasteiger partial charge on any atom is -0.332 e. The normalized spacial score (nSPS) is 12.7. The maximum atomic E-state index is 5.83. The van der Waals surface area contributed by atoms with Gasteiger partial charge in [-0.3, -0.25) is 0 Å². The van der Waals surface area contributed by atoms with E-state index in [9.17, 15) is 0 Å². The second-order valence-corrected chi connectivity index (χ2v) is 4.42. The van der Waals surface area contributed by atoms with Crippen LogP contribution in [0.4, 0.5) is 0 Å². The molecule has 0 N–H and O–H groups in total. The number of nitrogens with zero attached hydrogens (tertiary/aromatic N) is 3. The van der Waals surface area contributed by atoms with Crippen molar-refractivity contribution in [2.45, 2.75) is 12.3 Å². The highest BCUT2D eigenvalue weighted by atomic mass is 79.9. The Balaban J connectivity index is 2.42. The summed E-state index contributed by atoms with van der Waals surface area (Å²) in [5.74, 6) is 0.828. The lowest BCUT2D eigenvalue weighted by Crippen LogP contribution is -1.88. The molecular weight excluding hydrogens is 281 g/mol. The van der Waals surface area contributed by atoms with E-state index in [1.54, 1.807) is 13.1 Å². The molecule has 0 saturated heterocycles. The van der Waals surface area contributed by atoms with Crippen molar-refractivity contribution in [2.75, 3.05) is 0 Å². The van der Waals surface area contributed by atoms with Gasteiger partial charge in [-0.15, -0.1) is 11.6 Å². The van der Waals surface area contributed by atoms with Gasteiger partial charge in [0.15, 0.2) is 5.82 Å². The lowest BCUT2D eigenvalue weighted by molar-refractivity contribution is 0.421. The standard InChI is InChI=1S/C9H7BrClN3O/c1-5(11)8-13-9(15-14-8)7-6(10)3-2-4-12-7/h2-5H,1H3. The van der Waals surface area contributed by atoms with E-state index < -0.39 is 0 Å². The molecule has 0 radical (unpaired) electrons. The number of rotatable bonds is 2. The van der Waals surface area contributed by atoms with E-state index in [1.165, 1.54) is 0 Å². The molecule has 2 rings (SSSR count). The van der Waals surface area contributed by atoms with Gasteiger partial charge in [-0.25, -0.2) is 4.98 Å². The zero-order valence-electron chi connectivity index (χ0n) is 7.82. The summed E-state index contributed by atoms with van der Waals surface area (Å²) in [6.07, 6.45) is 1.66. The Morgan fingerprint density at radius 3 is 2.93 bits per heavy atom. The molecule has 78 valence electrons. The third kappa shape index (κ3) is 2.18. The summed E-state index contributed by atoms with van der Waals surface area (Å²) in [6.45, 7) is 1.78. The van der Waals surface area contributed by atoms with Crippen molar-refractivity contribution in [3.63, 3.8) is 0 Å². The van der Waals surface area contributed by atoms with E-state index in [0.29, 0.717) is 17.4 Å². The van der Waals surface area contributed by atoms with Gasteiger partial charge >= 0.3 is 0 Å². The van der Waals surface area contributed by atoms with Crippen LogP contribution in [0.5, 0.6) is 0 Å². The SMILES string of the molecule is CC(Cl)c1noc(-c2ncccc2Br)n1. The number of pyridine rings is 1. The molecule has 2 aromatic heterocycles. The first-order valence-electron chi connectivity index (χ1n) is 4.27. The number of hydrogen-bond donors (Lipinski definition) is 0. The monoisotopic (exact) mass is 287 g/mol. The zero-order valence-corrected chi connectivity index (χ0v) is 10.2. The highest BCUT2D eigenvalue weighted by molar-refractivity contribution is 9.10. The average Bonchev–Trinajstić information content (AvgIpc) is 2.67. The summed E-state index contributed by atoms with van der Waals surface area (Å²) in [6, 6.07) is 3.67. The van der Waals surface area contributed by atoms with E-state index in [2.05, 4.69) is 31.1 Å². The lowest BCUT2D eigenvalue weighted by Gasteiger charge is -1.95. The largest absolute Gasteiger partial charge is 0.332 e. The number of hydrogen-bond acceptors (Lipinski definition) is 4. The highest BCUT2D eigenvalue weighted by Gasteiger charge is 2.15. The second-order valence-electron chi connectivity index (χ2n) is 2.91. The lowest BCUT2D eigenvalue weighted by atomic mass is 10.3. The fraction of sp³-hybridized carbons (Fsp3) is 0.222. The number of aromatic nitrogens is 3. The molecular formula is C9H7BrClN3O. The minimum atomic E-state index is -0.273. The van der Waals surface area contributed by atoms with Crippen LogP contribution in [0.2, 0.25) is 0 Å². The summed E-state index contributed by atoms with van der Waals surface area (Å²) in [5.41, 5.74) is 0.619. The molecule has 6 heteroatoms. The van der Waals surface area contributed by atoms with E-state index in [-0.39, 0.29) is 5.38 Å². The molecule has 0 aliphatic heterocycles. The predicted octanol–water partition coefficient (Wildman–Crippen LogP) is 3.19. The molecule has 0 aromatic carbocycles. The Hall–Kier alpha value is -0.940. The van der Waals surface area contributed by atoms with Crippen LogP contribution in [-0.2, 0) is 0 Å². The van der Waals surface area contributed by atoms with Gasteiger partial charge in [0.05, 0.1) is 5.38 Å². The highest BCUT2D eigenvalue weighted by Crippen LogP contribution is 2.25. The first-order chi connectivity index (χ1) is 7.18. The van der Waals surface area contributed by atoms with Gasteiger partial charge in [0.1, 0.15) is 5.69 Å². The molecule has 4 nitrogen and oxygen atoms in total. The molecule has 0 saturated carbocycles. The van der Waals surface area contributed by atoms with E-state index in [4.69, 9.17) is 16.1 Å². The van der Waals surface area contributed by atoms with Crippen molar-refractivity contribution in [1.82, 2.24) is 15.1 Å². The van der Waals surface area contributed by atoms with Gasteiger partial charge in [0, 0.05) is 10.7 Å². The zero-order chi connectivity index (χ0) is 10.8. The summed E-state index contributed by atoms with van der Waals surface area (Å²) in [4.78, 5) is 8.27. The Morgan fingerprint density at radius 2 is 2.33 bits per heavy atom. The van der Waals surface area contributed by atoms with Gasteiger partial charge < -0.3 is 4.52 Å². The van der Waals surface area contributed by atoms with E-state index in [0.717, 1.165) is 4.47 Å². The van der Waals surface area contributed by atoms with Gasteiger partial charge in [-0.05, 0) is 35.0 Å². The molecule has 1 atom stereocenters. The molecule has 0 aliphatic rings. The molecule has 0 fully saturated rings. The predicted molar refractivity (Wildman–Crippen MR) is 59.5 cm³/mol. The quantitative estimate of drug-likeness (QED) is 0.796. The van der Waals surface area contributed by atoms with Gasteiger partial charge in [-0.2, -0.15) is 4.98 Å². The van der Waals surface area contributed by atoms with Crippen LogP contribution in [0.1, 0.15) is 18.1 Å². The molecule has 0 amide bonds. The average molecular weight is 289 g/mol. The summed E-state index contributed by atoms with van der Waals surface area (Å²) >= 11 is 9.18. The van der Waals surface area contributed by atoms with Crippen molar-refractivity contribution < 1.29 is 4.52 Å². The summed E-state index contributed by atoms with van der Waals surface area (Å²) < 4.78 is 5.86. The van der Waals surface area contributed by atoms with Crippen molar-refractivity contribution >= 4 is 27.5 Å². The van der Waals surface area contributed by atoms with Crippen LogP contribution in [-0.4, -0.2) is 15.1 Å². The van der Waals surface area contributed by atoms with Crippen LogP contribution in [0.3, 0.4) is 0 Å². The molecule has 0 spiro atoms. The van der Waals surface area contributed by atoms with Crippen LogP contribution in [0.25, 0.3) is 11.6 Å². The smallest absolute Gasteiger partial charge is 0.277 e. The first-order valence-corrected chi connectivity index (χ1v) is 5.50. The van der Waals surface area contributed by atoms with Crippen molar-refractivity contribution in [3.8, 4) is 11.6 Å². The fourth-order valence-corrected chi connectivity index (χ4v) is 1.55. The van der Waals surface area contributed by atoms with Crippen molar-refractivity contribution in [2.24, 2.45) is 0 Å². The van der Waals surface area contributed by atoms with E-state index >= 15 is 0 Å². The third-order valence-electron chi connectivity index (χ3n) is 1.76. The number of alkyl halides is 1. The molecule has 1 unspecified atom stereocenters. The van der Waals surface area contributed by atoms with Crippen molar-refractivity contribution in [1.29, 1.82) is 0 Å². The van der Waals surface area contributed by atoms with Crippen LogP contribution < -0.4 is 0 Å². The van der Waals surface area contributed by atoms with Gasteiger partial charge in [-0.1, -0.05) is 5.16 Å². The summed E-state index contributed by atoms with van der Waals surface area (Å²) in [7, 11) is 0. The molecule has 2 aromatic rings. The third-order valence-corrected chi connectivity index (χ3v) is 2.59. The maximum Gasteiger partial charge on any atom is 0.277 e.